The quantitative estimate of drug-likeness (QED) is 0.640. The Labute approximate surface area is 181 Å². The summed E-state index contributed by atoms with van der Waals surface area (Å²) in [5.74, 6) is -0.250. The fraction of sp³-hybridized carbons (Fsp3) is 0.263. The van der Waals surface area contributed by atoms with Gasteiger partial charge in [-0.15, -0.1) is 0 Å². The number of nitrogens with zero attached hydrogens (tertiary/aromatic N) is 2. The standard InChI is InChI=1S/C19H17Cl2N3O6/c1-27-14-4-3-10(18(25)23-17-12(20)7-22-8-13(17)21)5-15(14)29-9-11-6-16(30-24-11)19(26)28-2/h3-5,7-8,16H,6,9H2,1-2H3,(H,22,23,25). The van der Waals surface area contributed by atoms with Crippen LogP contribution in [0.3, 0.4) is 0 Å². The van der Waals surface area contributed by atoms with Gasteiger partial charge in [0.15, 0.2) is 11.5 Å². The fourth-order valence-corrected chi connectivity index (χ4v) is 3.04. The van der Waals surface area contributed by atoms with Crippen molar-refractivity contribution in [1.29, 1.82) is 0 Å². The lowest BCUT2D eigenvalue weighted by Gasteiger charge is -2.13. The van der Waals surface area contributed by atoms with Crippen molar-refractivity contribution in [2.45, 2.75) is 12.5 Å². The monoisotopic (exact) mass is 453 g/mol. The van der Waals surface area contributed by atoms with Crippen molar-refractivity contribution in [1.82, 2.24) is 4.98 Å². The zero-order valence-electron chi connectivity index (χ0n) is 16.0. The summed E-state index contributed by atoms with van der Waals surface area (Å²) >= 11 is 12.1. The Hall–Kier alpha value is -3.04. The number of carbonyl (C=O) groups is 2. The zero-order valence-corrected chi connectivity index (χ0v) is 17.5. The zero-order chi connectivity index (χ0) is 21.7. The summed E-state index contributed by atoms with van der Waals surface area (Å²) in [6.45, 7) is 0.0386. The van der Waals surface area contributed by atoms with E-state index in [9.17, 15) is 9.59 Å². The maximum atomic E-state index is 12.6. The highest BCUT2D eigenvalue weighted by molar-refractivity contribution is 6.39. The summed E-state index contributed by atoms with van der Waals surface area (Å²) in [6.07, 6.45) is 2.20. The van der Waals surface area contributed by atoms with Crippen LogP contribution in [0.1, 0.15) is 16.8 Å². The third kappa shape index (κ3) is 4.92. The van der Waals surface area contributed by atoms with Crippen LogP contribution in [-0.4, -0.2) is 49.5 Å². The number of methoxy groups -OCH3 is 2. The summed E-state index contributed by atoms with van der Waals surface area (Å²) in [5.41, 5.74) is 1.05. The Morgan fingerprint density at radius 2 is 1.93 bits per heavy atom. The number of hydrogen-bond donors (Lipinski definition) is 1. The Morgan fingerprint density at radius 3 is 2.60 bits per heavy atom. The predicted molar refractivity (Wildman–Crippen MR) is 110 cm³/mol. The first-order valence-corrected chi connectivity index (χ1v) is 9.39. The Bertz CT molecular complexity index is 978. The van der Waals surface area contributed by atoms with Crippen molar-refractivity contribution in [3.8, 4) is 11.5 Å². The van der Waals surface area contributed by atoms with Gasteiger partial charge in [0.05, 0.1) is 35.7 Å². The minimum atomic E-state index is -0.789. The summed E-state index contributed by atoms with van der Waals surface area (Å²) in [5, 5.41) is 6.89. The van der Waals surface area contributed by atoms with Gasteiger partial charge in [0.1, 0.15) is 6.61 Å². The molecule has 1 aromatic carbocycles. The van der Waals surface area contributed by atoms with E-state index >= 15 is 0 Å². The van der Waals surface area contributed by atoms with Crippen LogP contribution in [0.5, 0.6) is 11.5 Å². The molecule has 1 N–H and O–H groups in total. The highest BCUT2D eigenvalue weighted by Crippen LogP contribution is 2.31. The molecular formula is C19H17Cl2N3O6. The topological polar surface area (TPSA) is 108 Å². The first-order chi connectivity index (χ1) is 14.4. The van der Waals surface area contributed by atoms with Crippen LogP contribution in [0.15, 0.2) is 35.7 Å². The highest BCUT2D eigenvalue weighted by Gasteiger charge is 2.29. The minimum absolute atomic E-state index is 0.0386. The van der Waals surface area contributed by atoms with Crippen LogP contribution in [0, 0.1) is 0 Å². The van der Waals surface area contributed by atoms with Gasteiger partial charge in [-0.05, 0) is 18.2 Å². The van der Waals surface area contributed by atoms with Crippen LogP contribution >= 0.6 is 23.2 Å². The number of ether oxygens (including phenoxy) is 3. The molecule has 2 aromatic rings. The fourth-order valence-electron chi connectivity index (χ4n) is 2.58. The second kappa shape index (κ2) is 9.64. The summed E-state index contributed by atoms with van der Waals surface area (Å²) in [7, 11) is 2.75. The normalized spacial score (nSPS) is 15.1. The number of benzene rings is 1. The molecule has 1 atom stereocenters. The number of amides is 1. The Morgan fingerprint density at radius 1 is 1.20 bits per heavy atom. The van der Waals surface area contributed by atoms with Crippen molar-refractivity contribution in [3.05, 3.63) is 46.2 Å². The number of carbonyl (C=O) groups excluding carboxylic acids is 2. The number of hydrogen-bond acceptors (Lipinski definition) is 8. The van der Waals surface area contributed by atoms with Crippen LogP contribution in [-0.2, 0) is 14.4 Å². The Balaban J connectivity index is 1.71. The van der Waals surface area contributed by atoms with Crippen molar-refractivity contribution < 1.29 is 28.6 Å². The molecule has 0 aliphatic carbocycles. The molecule has 2 heterocycles. The average Bonchev–Trinajstić information content (AvgIpc) is 3.23. The number of pyridine rings is 1. The maximum Gasteiger partial charge on any atom is 0.350 e. The molecule has 0 saturated heterocycles. The lowest BCUT2D eigenvalue weighted by Crippen LogP contribution is -2.23. The van der Waals surface area contributed by atoms with E-state index in [1.165, 1.54) is 32.7 Å². The summed E-state index contributed by atoms with van der Waals surface area (Å²) in [6, 6.07) is 4.66. The number of rotatable bonds is 7. The van der Waals surface area contributed by atoms with Crippen LogP contribution in [0.4, 0.5) is 5.69 Å². The number of nitrogens with one attached hydrogen (secondary N) is 1. The smallest absolute Gasteiger partial charge is 0.350 e. The number of oxime groups is 1. The van der Waals surface area contributed by atoms with Gasteiger partial charge in [-0.25, -0.2) is 4.79 Å². The lowest BCUT2D eigenvalue weighted by molar-refractivity contribution is -0.152. The SMILES string of the molecule is COC(=O)C1CC(COc2cc(C(=O)Nc3c(Cl)cncc3Cl)ccc2OC)=NO1. The molecule has 158 valence electrons. The third-order valence-corrected chi connectivity index (χ3v) is 4.68. The largest absolute Gasteiger partial charge is 0.493 e. The van der Waals surface area contributed by atoms with Crippen LogP contribution in [0.2, 0.25) is 10.0 Å². The van der Waals surface area contributed by atoms with Crippen LogP contribution < -0.4 is 14.8 Å². The molecule has 1 aromatic heterocycles. The van der Waals surface area contributed by atoms with Crippen molar-refractivity contribution in [3.63, 3.8) is 0 Å². The molecule has 1 amide bonds. The average molecular weight is 454 g/mol. The molecule has 0 spiro atoms. The van der Waals surface area contributed by atoms with E-state index in [0.717, 1.165) is 0 Å². The minimum Gasteiger partial charge on any atom is -0.493 e. The van der Waals surface area contributed by atoms with Gasteiger partial charge in [-0.2, -0.15) is 0 Å². The van der Waals surface area contributed by atoms with E-state index in [1.807, 2.05) is 0 Å². The van der Waals surface area contributed by atoms with Gasteiger partial charge >= 0.3 is 5.97 Å². The molecule has 30 heavy (non-hydrogen) atoms. The molecule has 0 bridgehead atoms. The van der Waals surface area contributed by atoms with Gasteiger partial charge in [0.25, 0.3) is 5.91 Å². The molecule has 0 radical (unpaired) electrons. The maximum absolute atomic E-state index is 12.6. The predicted octanol–water partition coefficient (Wildman–Crippen LogP) is 3.35. The molecule has 0 fully saturated rings. The molecule has 3 rings (SSSR count). The van der Waals surface area contributed by atoms with Crippen LogP contribution in [0.25, 0.3) is 0 Å². The second-order valence-electron chi connectivity index (χ2n) is 6.07. The molecule has 9 nitrogen and oxygen atoms in total. The van der Waals surface area contributed by atoms with E-state index in [0.29, 0.717) is 17.2 Å². The summed E-state index contributed by atoms with van der Waals surface area (Å²) < 4.78 is 15.6. The molecule has 0 saturated carbocycles. The number of esters is 1. The molecule has 1 aliphatic rings. The second-order valence-corrected chi connectivity index (χ2v) is 6.88. The van der Waals surface area contributed by atoms with Crippen molar-refractivity contribution in [2.24, 2.45) is 5.16 Å². The number of anilines is 1. The van der Waals surface area contributed by atoms with E-state index in [2.05, 4.69) is 20.2 Å². The van der Waals surface area contributed by atoms with E-state index in [-0.39, 0.29) is 34.3 Å². The molecule has 1 unspecified atom stereocenters. The summed E-state index contributed by atoms with van der Waals surface area (Å²) in [4.78, 5) is 33.0. The lowest BCUT2D eigenvalue weighted by atomic mass is 10.1. The van der Waals surface area contributed by atoms with Gasteiger partial charge < -0.3 is 24.4 Å². The third-order valence-electron chi connectivity index (χ3n) is 4.11. The van der Waals surface area contributed by atoms with Gasteiger partial charge in [-0.3, -0.25) is 9.78 Å². The van der Waals surface area contributed by atoms with Crippen molar-refractivity contribution in [2.75, 3.05) is 26.1 Å². The Kier molecular flexibility index (Phi) is 6.96. The first kappa shape index (κ1) is 21.7. The molecule has 1 aliphatic heterocycles. The van der Waals surface area contributed by atoms with Gasteiger partial charge in [0.2, 0.25) is 6.10 Å². The van der Waals surface area contributed by atoms with E-state index in [1.54, 1.807) is 12.1 Å². The molecular weight excluding hydrogens is 437 g/mol. The first-order valence-electron chi connectivity index (χ1n) is 8.63. The van der Waals surface area contributed by atoms with Gasteiger partial charge in [0, 0.05) is 24.4 Å². The number of halogens is 2. The van der Waals surface area contributed by atoms with Gasteiger partial charge in [-0.1, -0.05) is 28.4 Å². The highest BCUT2D eigenvalue weighted by atomic mass is 35.5. The van der Waals surface area contributed by atoms with E-state index < -0.39 is 18.0 Å². The number of aromatic nitrogens is 1. The molecule has 11 heteroatoms. The van der Waals surface area contributed by atoms with E-state index in [4.69, 9.17) is 37.5 Å². The van der Waals surface area contributed by atoms with Crippen molar-refractivity contribution >= 4 is 46.5 Å².